The Kier molecular flexibility index (Phi) is 9.74. The van der Waals surface area contributed by atoms with E-state index in [9.17, 15) is 28.8 Å². The highest BCUT2D eigenvalue weighted by Crippen LogP contribution is 2.30. The molecule has 3 aliphatic rings. The molecule has 0 radical (unpaired) electrons. The second kappa shape index (κ2) is 12.3. The molecule has 0 unspecified atom stereocenters. The van der Waals surface area contributed by atoms with Crippen LogP contribution >= 0.6 is 0 Å². The molecule has 0 spiro atoms. The molecule has 0 bridgehead atoms. The van der Waals surface area contributed by atoms with E-state index in [1.807, 2.05) is 0 Å². The normalized spacial score (nSPS) is 22.5. The lowest BCUT2D eigenvalue weighted by molar-refractivity contribution is -0.197. The van der Waals surface area contributed by atoms with Crippen LogP contribution in [0.1, 0.15) is 71.6 Å². The van der Waals surface area contributed by atoms with Gasteiger partial charge in [-0.3, -0.25) is 28.9 Å². The van der Waals surface area contributed by atoms with Gasteiger partial charge in [0.15, 0.2) is 0 Å². The van der Waals surface area contributed by atoms with Gasteiger partial charge >= 0.3 is 11.9 Å². The first kappa shape index (κ1) is 26.2. The third-order valence-electron chi connectivity index (χ3n) is 5.99. The summed E-state index contributed by atoms with van der Waals surface area (Å²) in [6.07, 6.45) is 7.39. The van der Waals surface area contributed by atoms with Gasteiger partial charge in [0.1, 0.15) is 0 Å². The number of rotatable bonds is 10. The third kappa shape index (κ3) is 7.23. The van der Waals surface area contributed by atoms with Gasteiger partial charge in [0.05, 0.1) is 12.5 Å². The summed E-state index contributed by atoms with van der Waals surface area (Å²) in [5.41, 5.74) is 0. The van der Waals surface area contributed by atoms with Gasteiger partial charge in [-0.05, 0) is 50.9 Å². The second-order valence-corrected chi connectivity index (χ2v) is 8.36. The van der Waals surface area contributed by atoms with E-state index in [1.165, 1.54) is 17.1 Å². The molecule has 0 atom stereocenters. The molecule has 0 N–H and O–H groups in total. The number of carbonyl (C=O) groups is 6. The van der Waals surface area contributed by atoms with Crippen LogP contribution in [-0.2, 0) is 38.3 Å². The lowest BCUT2D eigenvalue weighted by atomic mass is 9.82. The molecule has 0 aromatic carbocycles. The van der Waals surface area contributed by atoms with Gasteiger partial charge in [-0.25, -0.2) is 4.79 Å². The second-order valence-electron chi connectivity index (χ2n) is 8.36. The maximum Gasteiger partial charge on any atom is 0.333 e. The molecule has 33 heavy (non-hydrogen) atoms. The van der Waals surface area contributed by atoms with Crippen LogP contribution in [0, 0.1) is 11.8 Å². The van der Waals surface area contributed by atoms with Crippen LogP contribution in [-0.4, -0.2) is 58.7 Å². The number of nitrogens with zero attached hydrogens (tertiary/aromatic N) is 2. The lowest BCUT2D eigenvalue weighted by Crippen LogP contribution is -2.36. The van der Waals surface area contributed by atoms with Crippen LogP contribution in [0.3, 0.4) is 0 Å². The minimum atomic E-state index is -0.629. The monoisotopic (exact) mass is 464 g/mol. The summed E-state index contributed by atoms with van der Waals surface area (Å²) in [6, 6.07) is 0. The largest absolute Gasteiger partial charge is 0.465 e. The van der Waals surface area contributed by atoms with Crippen molar-refractivity contribution in [2.45, 2.75) is 71.6 Å². The van der Waals surface area contributed by atoms with Gasteiger partial charge in [-0.2, -0.15) is 0 Å². The van der Waals surface area contributed by atoms with Crippen LogP contribution in [0.25, 0.3) is 0 Å². The first-order valence-electron chi connectivity index (χ1n) is 11.1. The maximum absolute atomic E-state index is 12.3. The summed E-state index contributed by atoms with van der Waals surface area (Å²) in [6.45, 7) is 0.661. The van der Waals surface area contributed by atoms with Gasteiger partial charge in [0.2, 0.25) is 0 Å². The van der Waals surface area contributed by atoms with Crippen LogP contribution < -0.4 is 0 Å². The Morgan fingerprint density at radius 3 is 2.09 bits per heavy atom. The Labute approximate surface area is 193 Å². The van der Waals surface area contributed by atoms with E-state index < -0.39 is 17.8 Å². The van der Waals surface area contributed by atoms with E-state index in [-0.39, 0.29) is 62.9 Å². The quantitative estimate of drug-likeness (QED) is 0.273. The van der Waals surface area contributed by atoms with E-state index in [1.54, 1.807) is 0 Å². The minimum Gasteiger partial charge on any atom is -0.465 e. The Hall–Kier alpha value is -3.04. The van der Waals surface area contributed by atoms with Crippen molar-refractivity contribution in [2.75, 3.05) is 13.2 Å². The van der Waals surface area contributed by atoms with Gasteiger partial charge in [0, 0.05) is 38.0 Å². The average molecular weight is 465 g/mol. The number of imide groups is 2. The minimum absolute atomic E-state index is 0. The highest BCUT2D eigenvalue weighted by molar-refractivity contribution is 6.12. The van der Waals surface area contributed by atoms with Gasteiger partial charge in [-0.1, -0.05) is 7.43 Å². The molecule has 2 aliphatic heterocycles. The van der Waals surface area contributed by atoms with E-state index in [4.69, 9.17) is 9.57 Å². The molecule has 2 heterocycles. The molecule has 10 nitrogen and oxygen atoms in total. The fraction of sp³-hybridized carbons (Fsp3) is 0.652. The first-order valence-corrected chi connectivity index (χ1v) is 11.1. The molecule has 0 aromatic rings. The van der Waals surface area contributed by atoms with Crippen LogP contribution in [0.5, 0.6) is 0 Å². The Morgan fingerprint density at radius 2 is 1.48 bits per heavy atom. The Balaban J connectivity index is 0.00000385. The van der Waals surface area contributed by atoms with Crippen molar-refractivity contribution in [3.05, 3.63) is 12.2 Å². The van der Waals surface area contributed by atoms with Crippen molar-refractivity contribution in [2.24, 2.45) is 11.8 Å². The molecular weight excluding hydrogens is 432 g/mol. The lowest BCUT2D eigenvalue weighted by Gasteiger charge is -2.29. The van der Waals surface area contributed by atoms with Crippen molar-refractivity contribution in [1.29, 1.82) is 0 Å². The van der Waals surface area contributed by atoms with Crippen molar-refractivity contribution >= 4 is 35.6 Å². The number of carbonyl (C=O) groups excluding carboxylic acids is 6. The predicted octanol–water partition coefficient (Wildman–Crippen LogP) is 2.06. The van der Waals surface area contributed by atoms with Crippen molar-refractivity contribution in [3.8, 4) is 0 Å². The number of esters is 1. The summed E-state index contributed by atoms with van der Waals surface area (Å²) in [4.78, 5) is 76.1. The average Bonchev–Trinajstić information content (AvgIpc) is 3.26. The highest BCUT2D eigenvalue weighted by atomic mass is 16.7. The van der Waals surface area contributed by atoms with Crippen LogP contribution in [0.2, 0.25) is 0 Å². The van der Waals surface area contributed by atoms with E-state index in [0.717, 1.165) is 12.8 Å². The van der Waals surface area contributed by atoms with E-state index in [0.29, 0.717) is 43.7 Å². The van der Waals surface area contributed by atoms with Gasteiger partial charge in [-0.15, -0.1) is 5.06 Å². The van der Waals surface area contributed by atoms with Crippen LogP contribution in [0.15, 0.2) is 12.2 Å². The van der Waals surface area contributed by atoms with Gasteiger partial charge < -0.3 is 9.57 Å². The van der Waals surface area contributed by atoms with Gasteiger partial charge in [0.25, 0.3) is 23.6 Å². The van der Waals surface area contributed by atoms with Crippen LogP contribution in [0.4, 0.5) is 0 Å². The zero-order chi connectivity index (χ0) is 23.1. The maximum atomic E-state index is 12.3. The van der Waals surface area contributed by atoms with Crippen molar-refractivity contribution in [1.82, 2.24) is 9.96 Å². The molecule has 1 aliphatic carbocycles. The molecule has 1 saturated carbocycles. The summed E-state index contributed by atoms with van der Waals surface area (Å²) in [5.74, 6) is -2.37. The number of hydrogen-bond donors (Lipinski definition) is 0. The molecule has 0 aromatic heterocycles. The Morgan fingerprint density at radius 1 is 0.879 bits per heavy atom. The molecule has 182 valence electrons. The number of amides is 4. The summed E-state index contributed by atoms with van der Waals surface area (Å²) < 4.78 is 5.35. The van der Waals surface area contributed by atoms with E-state index in [2.05, 4.69) is 0 Å². The number of hydroxylamine groups is 2. The standard InChI is InChI=1S/C22H28N2O8.CH4/c25-17-9-10-18(26)23(17)14-15-5-7-16(8-6-15)22(30)31-13-3-1-2-4-21(29)32-24-19(27)11-12-20(24)28;/h9-10,15-16H,1-8,11-14H2;1H4. The Bertz CT molecular complexity index is 779. The molecular formula is C23H32N2O8. The molecule has 3 rings (SSSR count). The topological polar surface area (TPSA) is 127 Å². The smallest absolute Gasteiger partial charge is 0.333 e. The highest BCUT2D eigenvalue weighted by Gasteiger charge is 2.33. The van der Waals surface area contributed by atoms with Crippen molar-refractivity contribution < 1.29 is 38.3 Å². The number of hydrogen-bond acceptors (Lipinski definition) is 8. The summed E-state index contributed by atoms with van der Waals surface area (Å²) >= 11 is 0. The fourth-order valence-electron chi connectivity index (χ4n) is 4.09. The zero-order valence-corrected chi connectivity index (χ0v) is 18.0. The zero-order valence-electron chi connectivity index (χ0n) is 18.0. The fourth-order valence-corrected chi connectivity index (χ4v) is 4.09. The summed E-state index contributed by atoms with van der Waals surface area (Å²) in [7, 11) is 0. The number of ether oxygens (including phenoxy) is 1. The van der Waals surface area contributed by atoms with E-state index >= 15 is 0 Å². The molecule has 10 heteroatoms. The molecule has 4 amide bonds. The number of unbranched alkanes of at least 4 members (excludes halogenated alkanes) is 2. The third-order valence-corrected chi connectivity index (χ3v) is 5.99. The first-order chi connectivity index (χ1) is 15.3. The molecule has 2 fully saturated rings. The summed E-state index contributed by atoms with van der Waals surface area (Å²) in [5, 5.41) is 0.538. The predicted molar refractivity (Wildman–Crippen MR) is 115 cm³/mol. The molecule has 1 saturated heterocycles. The van der Waals surface area contributed by atoms with Crippen molar-refractivity contribution in [3.63, 3.8) is 0 Å². The SMILES string of the molecule is C.O=C(CCCCCOC(=O)C1CCC(CN2C(=O)C=CC2=O)CC1)ON1C(=O)CCC1=O.